The van der Waals surface area contributed by atoms with Gasteiger partial charge in [0.05, 0.1) is 22.3 Å². The van der Waals surface area contributed by atoms with Crippen molar-refractivity contribution in [3.63, 3.8) is 0 Å². The summed E-state index contributed by atoms with van der Waals surface area (Å²) in [6, 6.07) is 12.2. The molecule has 7 nitrogen and oxygen atoms in total. The first-order valence-corrected chi connectivity index (χ1v) is 12.1. The van der Waals surface area contributed by atoms with Gasteiger partial charge in [-0.2, -0.15) is 0 Å². The SMILES string of the molecule is CCOC(=O)C1=C(N)N(c2cccc(Cl)c2Cl)C2=C(C(=O)CCC2)C12C(=O)N(C)c1ccccc12. The number of fused-ring (bicyclic) bond motifs is 3. The molecule has 0 bridgehead atoms. The number of hydrogen-bond acceptors (Lipinski definition) is 6. The third-order valence-electron chi connectivity index (χ3n) is 6.85. The fourth-order valence-electron chi connectivity index (χ4n) is 5.49. The lowest BCUT2D eigenvalue weighted by molar-refractivity contribution is -0.140. The summed E-state index contributed by atoms with van der Waals surface area (Å²) < 4.78 is 5.42. The normalized spacial score (nSPS) is 21.6. The molecule has 0 saturated heterocycles. The fourth-order valence-corrected chi connectivity index (χ4v) is 5.87. The van der Waals surface area contributed by atoms with Gasteiger partial charge in [0.1, 0.15) is 16.8 Å². The number of likely N-dealkylation sites (N-methyl/N-ethyl adjacent to an activating group) is 1. The molecule has 1 spiro atoms. The number of ether oxygens (including phenoxy) is 1. The Kier molecular flexibility index (Phi) is 5.65. The number of rotatable bonds is 3. The van der Waals surface area contributed by atoms with Gasteiger partial charge in [-0.25, -0.2) is 4.79 Å². The zero-order valence-electron chi connectivity index (χ0n) is 19.2. The zero-order chi connectivity index (χ0) is 25.1. The first-order chi connectivity index (χ1) is 16.8. The van der Waals surface area contributed by atoms with Crippen molar-refractivity contribution in [1.82, 2.24) is 0 Å². The van der Waals surface area contributed by atoms with Crippen molar-refractivity contribution in [2.45, 2.75) is 31.6 Å². The molecule has 0 saturated carbocycles. The highest BCUT2D eigenvalue weighted by Crippen LogP contribution is 2.57. The van der Waals surface area contributed by atoms with E-state index in [-0.39, 0.29) is 40.8 Å². The van der Waals surface area contributed by atoms with Gasteiger partial charge in [-0.05, 0) is 38.0 Å². The van der Waals surface area contributed by atoms with E-state index in [0.29, 0.717) is 40.5 Å². The minimum atomic E-state index is -1.71. The number of hydrogen-bond donors (Lipinski definition) is 1. The number of anilines is 2. The molecule has 5 rings (SSSR count). The van der Waals surface area contributed by atoms with Crippen LogP contribution in [0.2, 0.25) is 10.0 Å². The average Bonchev–Trinajstić information content (AvgIpc) is 3.05. The Morgan fingerprint density at radius 3 is 2.54 bits per heavy atom. The summed E-state index contributed by atoms with van der Waals surface area (Å²) in [6.45, 7) is 1.73. The van der Waals surface area contributed by atoms with Gasteiger partial charge in [-0.1, -0.05) is 47.5 Å². The van der Waals surface area contributed by atoms with Crippen LogP contribution in [-0.4, -0.2) is 31.3 Å². The highest BCUT2D eigenvalue weighted by molar-refractivity contribution is 6.43. The Bertz CT molecular complexity index is 1370. The lowest BCUT2D eigenvalue weighted by atomic mass is 9.63. The van der Waals surface area contributed by atoms with E-state index in [4.69, 9.17) is 33.7 Å². The third-order valence-corrected chi connectivity index (χ3v) is 7.66. The van der Waals surface area contributed by atoms with Gasteiger partial charge in [0.2, 0.25) is 5.91 Å². The molecule has 2 N–H and O–H groups in total. The van der Waals surface area contributed by atoms with Crippen LogP contribution in [-0.2, 0) is 24.5 Å². The molecule has 0 radical (unpaired) electrons. The van der Waals surface area contributed by atoms with Crippen molar-refractivity contribution < 1.29 is 19.1 Å². The van der Waals surface area contributed by atoms with Crippen LogP contribution in [0.15, 0.2) is 65.1 Å². The molecule has 180 valence electrons. The molecule has 1 aliphatic carbocycles. The molecule has 3 aliphatic rings. The molecule has 1 unspecified atom stereocenters. The van der Waals surface area contributed by atoms with E-state index in [2.05, 4.69) is 0 Å². The molecule has 2 aliphatic heterocycles. The summed E-state index contributed by atoms with van der Waals surface area (Å²) in [7, 11) is 1.63. The molecule has 9 heteroatoms. The van der Waals surface area contributed by atoms with Crippen LogP contribution in [0.25, 0.3) is 0 Å². The van der Waals surface area contributed by atoms with E-state index < -0.39 is 17.3 Å². The van der Waals surface area contributed by atoms with Crippen LogP contribution in [0.3, 0.4) is 0 Å². The average molecular weight is 512 g/mol. The minimum Gasteiger partial charge on any atom is -0.462 e. The molecular formula is C26H23Cl2N3O4. The Morgan fingerprint density at radius 1 is 1.09 bits per heavy atom. The van der Waals surface area contributed by atoms with Gasteiger partial charge in [0, 0.05) is 36.0 Å². The molecule has 2 aromatic carbocycles. The summed E-state index contributed by atoms with van der Waals surface area (Å²) in [5, 5.41) is 0.512. The number of carbonyl (C=O) groups excluding carboxylic acids is 3. The highest BCUT2D eigenvalue weighted by atomic mass is 35.5. The second-order valence-corrected chi connectivity index (χ2v) is 9.40. The van der Waals surface area contributed by atoms with Crippen LogP contribution >= 0.6 is 23.2 Å². The molecule has 1 atom stereocenters. The lowest BCUT2D eigenvalue weighted by Crippen LogP contribution is -2.54. The van der Waals surface area contributed by atoms with Crippen LogP contribution in [0, 0.1) is 0 Å². The maximum absolute atomic E-state index is 14.1. The Balaban J connectivity index is 1.94. The van der Waals surface area contributed by atoms with Gasteiger partial charge in [-0.3, -0.25) is 14.5 Å². The van der Waals surface area contributed by atoms with Gasteiger partial charge in [0.15, 0.2) is 5.78 Å². The van der Waals surface area contributed by atoms with E-state index in [1.807, 2.05) is 0 Å². The number of esters is 1. The smallest absolute Gasteiger partial charge is 0.339 e. The van der Waals surface area contributed by atoms with E-state index in [1.54, 1.807) is 61.3 Å². The van der Waals surface area contributed by atoms with Crippen molar-refractivity contribution in [1.29, 1.82) is 0 Å². The first kappa shape index (κ1) is 23.5. The molecule has 2 aromatic rings. The summed E-state index contributed by atoms with van der Waals surface area (Å²) in [6.07, 6.45) is 1.27. The van der Waals surface area contributed by atoms with Gasteiger partial charge in [-0.15, -0.1) is 0 Å². The number of Topliss-reactive ketones (excluding diaryl/α,β-unsaturated/α-hetero) is 1. The standard InChI is InChI=1S/C26H23Cl2N3O4/c1-3-35-24(33)21-23(29)31(18-12-6-9-15(27)22(18)28)17-11-7-13-19(32)20(17)26(21)14-8-4-5-10-16(14)30(2)25(26)34/h4-6,8-10,12H,3,7,11,13,29H2,1-2H3. The first-order valence-electron chi connectivity index (χ1n) is 11.3. The Morgan fingerprint density at radius 2 is 1.80 bits per heavy atom. The number of para-hydroxylation sites is 1. The van der Waals surface area contributed by atoms with Crippen molar-refractivity contribution >= 4 is 52.2 Å². The highest BCUT2D eigenvalue weighted by Gasteiger charge is 2.63. The van der Waals surface area contributed by atoms with Crippen LogP contribution in [0.5, 0.6) is 0 Å². The maximum Gasteiger partial charge on any atom is 0.339 e. The predicted molar refractivity (Wildman–Crippen MR) is 134 cm³/mol. The summed E-state index contributed by atoms with van der Waals surface area (Å²) in [5.41, 5.74) is 7.28. The maximum atomic E-state index is 14.1. The van der Waals surface area contributed by atoms with Gasteiger partial charge < -0.3 is 15.4 Å². The summed E-state index contributed by atoms with van der Waals surface area (Å²) in [4.78, 5) is 44.5. The summed E-state index contributed by atoms with van der Waals surface area (Å²) >= 11 is 12.9. The molecular weight excluding hydrogens is 489 g/mol. The minimum absolute atomic E-state index is 0.0143. The summed E-state index contributed by atoms with van der Waals surface area (Å²) in [5.74, 6) is -1.43. The number of benzene rings is 2. The number of allylic oxidation sites excluding steroid dienone is 1. The van der Waals surface area contributed by atoms with Crippen molar-refractivity contribution in [2.24, 2.45) is 5.73 Å². The van der Waals surface area contributed by atoms with E-state index in [9.17, 15) is 14.4 Å². The van der Waals surface area contributed by atoms with Crippen molar-refractivity contribution in [3.05, 3.63) is 80.7 Å². The Hall–Kier alpha value is -3.29. The Labute approximate surface area is 212 Å². The monoisotopic (exact) mass is 511 g/mol. The molecule has 0 fully saturated rings. The number of ketones is 1. The zero-order valence-corrected chi connectivity index (χ0v) is 20.7. The van der Waals surface area contributed by atoms with E-state index >= 15 is 0 Å². The number of nitrogens with two attached hydrogens (primary N) is 1. The number of nitrogens with zero attached hydrogens (tertiary/aromatic N) is 2. The number of amides is 1. The molecule has 2 heterocycles. The second kappa shape index (κ2) is 8.43. The largest absolute Gasteiger partial charge is 0.462 e. The van der Waals surface area contributed by atoms with Gasteiger partial charge >= 0.3 is 5.97 Å². The molecule has 35 heavy (non-hydrogen) atoms. The van der Waals surface area contributed by atoms with Crippen LogP contribution < -0.4 is 15.5 Å². The number of halogens is 2. The lowest BCUT2D eigenvalue weighted by Gasteiger charge is -2.44. The van der Waals surface area contributed by atoms with Crippen molar-refractivity contribution in [2.75, 3.05) is 23.5 Å². The third kappa shape index (κ3) is 3.08. The second-order valence-electron chi connectivity index (χ2n) is 8.62. The van der Waals surface area contributed by atoms with Crippen molar-refractivity contribution in [3.8, 4) is 0 Å². The quantitative estimate of drug-likeness (QED) is 0.611. The molecule has 0 aromatic heterocycles. The van der Waals surface area contributed by atoms with Crippen LogP contribution in [0.1, 0.15) is 31.7 Å². The number of carbonyl (C=O) groups is 3. The van der Waals surface area contributed by atoms with E-state index in [0.717, 1.165) is 0 Å². The predicted octanol–water partition coefficient (Wildman–Crippen LogP) is 4.47. The fraction of sp³-hybridized carbons (Fsp3) is 0.269. The molecule has 1 amide bonds. The van der Waals surface area contributed by atoms with Gasteiger partial charge in [0.25, 0.3) is 0 Å². The van der Waals surface area contributed by atoms with Crippen LogP contribution in [0.4, 0.5) is 11.4 Å². The topological polar surface area (TPSA) is 92.9 Å². The van der Waals surface area contributed by atoms with E-state index in [1.165, 1.54) is 4.90 Å².